The molecule has 3 heteroatoms. The summed E-state index contributed by atoms with van der Waals surface area (Å²) in [5, 5.41) is 3.46. The third-order valence-electron chi connectivity index (χ3n) is 2.99. The van der Waals surface area contributed by atoms with E-state index in [0.29, 0.717) is 24.9 Å². The second-order valence-corrected chi connectivity index (χ2v) is 4.05. The summed E-state index contributed by atoms with van der Waals surface area (Å²) in [4.78, 5) is 0. The second-order valence-electron chi connectivity index (χ2n) is 4.05. The first kappa shape index (κ1) is 10.1. The summed E-state index contributed by atoms with van der Waals surface area (Å²) in [7, 11) is 0. The molecule has 3 nitrogen and oxygen atoms in total. The molecule has 1 N–H and O–H groups in total. The fraction of sp³-hybridized carbons (Fsp3) is 0.818. The summed E-state index contributed by atoms with van der Waals surface area (Å²) in [6.07, 6.45) is 6.01. The van der Waals surface area contributed by atoms with Crippen LogP contribution in [-0.4, -0.2) is 38.0 Å². The summed E-state index contributed by atoms with van der Waals surface area (Å²) in [6.45, 7) is 6.08. The summed E-state index contributed by atoms with van der Waals surface area (Å²) in [6, 6.07) is 0.602. The van der Waals surface area contributed by atoms with Gasteiger partial charge in [0, 0.05) is 6.04 Å². The predicted octanol–water partition coefficient (Wildman–Crippen LogP) is 1.10. The largest absolute Gasteiger partial charge is 0.375 e. The normalized spacial score (nSPS) is 36.7. The molecule has 0 spiro atoms. The van der Waals surface area contributed by atoms with Crippen molar-refractivity contribution in [2.75, 3.05) is 19.8 Å². The van der Waals surface area contributed by atoms with Crippen LogP contribution in [0.3, 0.4) is 0 Å². The number of hydrogen-bond donors (Lipinski definition) is 1. The fourth-order valence-corrected chi connectivity index (χ4v) is 2.28. The molecule has 0 aromatic rings. The van der Waals surface area contributed by atoms with Gasteiger partial charge in [-0.25, -0.2) is 0 Å². The monoisotopic (exact) mass is 197 g/mol. The van der Waals surface area contributed by atoms with Gasteiger partial charge >= 0.3 is 0 Å². The van der Waals surface area contributed by atoms with Gasteiger partial charge in [0.05, 0.1) is 25.4 Å². The minimum Gasteiger partial charge on any atom is -0.375 e. The van der Waals surface area contributed by atoms with E-state index in [9.17, 15) is 0 Å². The van der Waals surface area contributed by atoms with Gasteiger partial charge in [0.1, 0.15) is 0 Å². The van der Waals surface area contributed by atoms with Gasteiger partial charge in [-0.1, -0.05) is 6.08 Å². The lowest BCUT2D eigenvalue weighted by molar-refractivity contribution is -0.0852. The molecule has 0 radical (unpaired) electrons. The zero-order valence-corrected chi connectivity index (χ0v) is 8.58. The zero-order chi connectivity index (χ0) is 9.80. The van der Waals surface area contributed by atoms with Crippen LogP contribution in [0.25, 0.3) is 0 Å². The van der Waals surface area contributed by atoms with Gasteiger partial charge in [-0.2, -0.15) is 0 Å². The third kappa shape index (κ3) is 2.35. The molecule has 3 atom stereocenters. The quantitative estimate of drug-likeness (QED) is 0.541. The van der Waals surface area contributed by atoms with Crippen LogP contribution in [0.2, 0.25) is 0 Å². The Balaban J connectivity index is 1.71. The van der Waals surface area contributed by atoms with E-state index in [2.05, 4.69) is 11.9 Å². The molecule has 2 heterocycles. The van der Waals surface area contributed by atoms with Crippen LogP contribution in [0.4, 0.5) is 0 Å². The highest BCUT2D eigenvalue weighted by molar-refractivity contribution is 4.89. The van der Waals surface area contributed by atoms with E-state index < -0.39 is 0 Å². The van der Waals surface area contributed by atoms with Crippen molar-refractivity contribution in [3.63, 3.8) is 0 Å². The number of fused-ring (bicyclic) bond motifs is 1. The van der Waals surface area contributed by atoms with Crippen molar-refractivity contribution < 1.29 is 9.47 Å². The van der Waals surface area contributed by atoms with E-state index in [-0.39, 0.29) is 0 Å². The first-order valence-corrected chi connectivity index (χ1v) is 5.47. The average Bonchev–Trinajstić information content (AvgIpc) is 2.65. The van der Waals surface area contributed by atoms with Crippen LogP contribution in [-0.2, 0) is 9.47 Å². The van der Waals surface area contributed by atoms with Crippen molar-refractivity contribution in [2.45, 2.75) is 37.5 Å². The summed E-state index contributed by atoms with van der Waals surface area (Å²) < 4.78 is 11.3. The van der Waals surface area contributed by atoms with Gasteiger partial charge < -0.3 is 14.8 Å². The van der Waals surface area contributed by atoms with E-state index in [1.165, 1.54) is 6.42 Å². The molecule has 0 unspecified atom stereocenters. The van der Waals surface area contributed by atoms with Crippen molar-refractivity contribution in [3.8, 4) is 0 Å². The lowest BCUT2D eigenvalue weighted by atomic mass is 10.0. The van der Waals surface area contributed by atoms with Gasteiger partial charge in [0.15, 0.2) is 0 Å². The lowest BCUT2D eigenvalue weighted by Gasteiger charge is -2.32. The Labute approximate surface area is 85.5 Å². The first-order valence-electron chi connectivity index (χ1n) is 5.47. The molecule has 0 aromatic heterocycles. The van der Waals surface area contributed by atoms with E-state index in [0.717, 1.165) is 26.0 Å². The molecular weight excluding hydrogens is 178 g/mol. The number of rotatable bonds is 4. The number of ether oxygens (including phenoxy) is 2. The Bertz CT molecular complexity index is 196. The second kappa shape index (κ2) is 4.91. The molecule has 0 aliphatic carbocycles. The number of hydrogen-bond acceptors (Lipinski definition) is 3. The van der Waals surface area contributed by atoms with Gasteiger partial charge in [-0.3, -0.25) is 0 Å². The molecule has 2 rings (SSSR count). The Morgan fingerprint density at radius 2 is 2.36 bits per heavy atom. The smallest absolute Gasteiger partial charge is 0.0813 e. The van der Waals surface area contributed by atoms with E-state index in [1.54, 1.807) is 6.08 Å². The van der Waals surface area contributed by atoms with Crippen LogP contribution in [0.1, 0.15) is 19.3 Å². The standard InChI is InChI=1S/C11H19NO2/c1-2-7-13-8-9-3-4-10-11(14-9)5-6-12-10/h2,9-12H,1,3-8H2/t9-,10+,11+/m0/s1. The molecular formula is C11H19NO2. The molecule has 0 aromatic carbocycles. The fourth-order valence-electron chi connectivity index (χ4n) is 2.28. The predicted molar refractivity (Wildman–Crippen MR) is 55.3 cm³/mol. The average molecular weight is 197 g/mol. The Hall–Kier alpha value is -0.380. The van der Waals surface area contributed by atoms with E-state index >= 15 is 0 Å². The summed E-state index contributed by atoms with van der Waals surface area (Å²) in [5.74, 6) is 0. The molecule has 0 bridgehead atoms. The van der Waals surface area contributed by atoms with Crippen molar-refractivity contribution in [1.29, 1.82) is 0 Å². The highest BCUT2D eigenvalue weighted by Crippen LogP contribution is 2.25. The van der Waals surface area contributed by atoms with Crippen LogP contribution in [0.15, 0.2) is 12.7 Å². The Morgan fingerprint density at radius 3 is 3.21 bits per heavy atom. The molecule has 0 saturated carbocycles. The van der Waals surface area contributed by atoms with E-state index in [1.807, 2.05) is 0 Å². The maximum Gasteiger partial charge on any atom is 0.0813 e. The molecule has 2 aliphatic rings. The van der Waals surface area contributed by atoms with Gasteiger partial charge in [-0.05, 0) is 25.8 Å². The van der Waals surface area contributed by atoms with Crippen molar-refractivity contribution in [3.05, 3.63) is 12.7 Å². The Kier molecular flexibility index (Phi) is 3.56. The molecule has 14 heavy (non-hydrogen) atoms. The first-order chi connectivity index (χ1) is 6.90. The Morgan fingerprint density at radius 1 is 1.43 bits per heavy atom. The summed E-state index contributed by atoms with van der Waals surface area (Å²) >= 11 is 0. The molecule has 2 fully saturated rings. The van der Waals surface area contributed by atoms with Gasteiger partial charge in [-0.15, -0.1) is 6.58 Å². The van der Waals surface area contributed by atoms with Crippen molar-refractivity contribution in [1.82, 2.24) is 5.32 Å². The highest BCUT2D eigenvalue weighted by atomic mass is 16.5. The minimum atomic E-state index is 0.302. The lowest BCUT2D eigenvalue weighted by Crippen LogP contribution is -2.41. The topological polar surface area (TPSA) is 30.5 Å². The SMILES string of the molecule is C=CCOC[C@@H]1CC[C@H]2NCC[C@H]2O1. The van der Waals surface area contributed by atoms with Crippen molar-refractivity contribution in [2.24, 2.45) is 0 Å². The van der Waals surface area contributed by atoms with Crippen LogP contribution < -0.4 is 5.32 Å². The molecule has 2 aliphatic heterocycles. The van der Waals surface area contributed by atoms with Gasteiger partial charge in [0.2, 0.25) is 0 Å². The van der Waals surface area contributed by atoms with Crippen LogP contribution in [0.5, 0.6) is 0 Å². The third-order valence-corrected chi connectivity index (χ3v) is 2.99. The molecule has 2 saturated heterocycles. The maximum atomic E-state index is 5.94. The molecule has 80 valence electrons. The summed E-state index contributed by atoms with van der Waals surface area (Å²) in [5.41, 5.74) is 0. The van der Waals surface area contributed by atoms with Gasteiger partial charge in [0.25, 0.3) is 0 Å². The van der Waals surface area contributed by atoms with Crippen molar-refractivity contribution >= 4 is 0 Å². The zero-order valence-electron chi connectivity index (χ0n) is 8.58. The van der Waals surface area contributed by atoms with Crippen LogP contribution in [0, 0.1) is 0 Å². The number of nitrogens with one attached hydrogen (secondary N) is 1. The molecule has 0 amide bonds. The van der Waals surface area contributed by atoms with E-state index in [4.69, 9.17) is 9.47 Å². The highest BCUT2D eigenvalue weighted by Gasteiger charge is 2.34. The van der Waals surface area contributed by atoms with Crippen LogP contribution >= 0.6 is 0 Å². The minimum absolute atomic E-state index is 0.302. The maximum absolute atomic E-state index is 5.94.